The first kappa shape index (κ1) is 23.3. The third kappa shape index (κ3) is 5.75. The highest BCUT2D eigenvalue weighted by Crippen LogP contribution is 2.40. The fourth-order valence-corrected chi connectivity index (χ4v) is 4.16. The van der Waals surface area contributed by atoms with E-state index in [0.29, 0.717) is 13.2 Å². The lowest BCUT2D eigenvalue weighted by molar-refractivity contribution is -0.295. The maximum Gasteiger partial charge on any atom is 0.192 e. The highest BCUT2D eigenvalue weighted by atomic mass is 28.4. The van der Waals surface area contributed by atoms with Gasteiger partial charge in [0, 0.05) is 0 Å². The maximum atomic E-state index is 10.8. The van der Waals surface area contributed by atoms with Crippen molar-refractivity contribution in [3.63, 3.8) is 0 Å². The van der Waals surface area contributed by atoms with Crippen LogP contribution in [0.4, 0.5) is 0 Å². The van der Waals surface area contributed by atoms with Crippen molar-refractivity contribution in [1.29, 1.82) is 0 Å². The molecule has 5 atom stereocenters. The van der Waals surface area contributed by atoms with Gasteiger partial charge in [0.25, 0.3) is 0 Å². The fourth-order valence-electron chi connectivity index (χ4n) is 2.88. The van der Waals surface area contributed by atoms with Crippen molar-refractivity contribution in [2.45, 2.75) is 83.1 Å². The van der Waals surface area contributed by atoms with Gasteiger partial charge in [-0.05, 0) is 30.6 Å². The second kappa shape index (κ2) is 9.65. The van der Waals surface area contributed by atoms with E-state index in [0.717, 1.165) is 5.56 Å². The first-order chi connectivity index (χ1) is 13.1. The highest BCUT2D eigenvalue weighted by molar-refractivity contribution is 6.74. The Hall–Kier alpha value is -1.02. The zero-order valence-corrected chi connectivity index (χ0v) is 19.1. The Balaban J connectivity index is 2.26. The lowest BCUT2D eigenvalue weighted by Crippen LogP contribution is -2.62. The van der Waals surface area contributed by atoms with Crippen LogP contribution in [0, 0.1) is 0 Å². The molecule has 2 rings (SSSR count). The van der Waals surface area contributed by atoms with Gasteiger partial charge in [-0.1, -0.05) is 57.2 Å². The summed E-state index contributed by atoms with van der Waals surface area (Å²) in [5.41, 5.74) is 1.04. The summed E-state index contributed by atoms with van der Waals surface area (Å²) in [7, 11) is -2.15. The molecule has 1 aromatic carbocycles. The molecule has 28 heavy (non-hydrogen) atoms. The van der Waals surface area contributed by atoms with Crippen LogP contribution < -0.4 is 0 Å². The minimum Gasteiger partial charge on any atom is -0.406 e. The van der Waals surface area contributed by atoms with E-state index in [2.05, 4.69) is 40.4 Å². The van der Waals surface area contributed by atoms with E-state index >= 15 is 0 Å². The van der Waals surface area contributed by atoms with E-state index in [1.54, 1.807) is 6.08 Å². The lowest BCUT2D eigenvalue weighted by atomic mass is 9.99. The minimum atomic E-state index is -2.15. The molecule has 0 aliphatic carbocycles. The van der Waals surface area contributed by atoms with Crippen LogP contribution in [-0.2, 0) is 25.2 Å². The van der Waals surface area contributed by atoms with E-state index in [9.17, 15) is 5.11 Å². The summed E-state index contributed by atoms with van der Waals surface area (Å²) >= 11 is 0. The van der Waals surface area contributed by atoms with Crippen molar-refractivity contribution in [3.05, 3.63) is 48.6 Å². The molecular weight excluding hydrogens is 372 g/mol. The average Bonchev–Trinajstić information content (AvgIpc) is 2.63. The molecule has 0 radical (unpaired) electrons. The van der Waals surface area contributed by atoms with E-state index in [1.807, 2.05) is 37.3 Å². The van der Waals surface area contributed by atoms with Crippen LogP contribution in [0.25, 0.3) is 0 Å². The SMILES string of the molecule is C=CCO[C@H]1O[C@H](C)[C@H](O)C(OCc2ccccc2)C1O[Si](C)(C)C(C)(C)C. The summed E-state index contributed by atoms with van der Waals surface area (Å²) in [6.45, 7) is 17.2. The highest BCUT2D eigenvalue weighted by Gasteiger charge is 2.50. The van der Waals surface area contributed by atoms with Crippen molar-refractivity contribution in [2.75, 3.05) is 6.61 Å². The topological polar surface area (TPSA) is 57.2 Å². The molecule has 2 unspecified atom stereocenters. The van der Waals surface area contributed by atoms with Gasteiger partial charge in [-0.25, -0.2) is 0 Å². The van der Waals surface area contributed by atoms with Crippen LogP contribution in [0.15, 0.2) is 43.0 Å². The quantitative estimate of drug-likeness (QED) is 0.514. The lowest BCUT2D eigenvalue weighted by Gasteiger charge is -2.48. The van der Waals surface area contributed by atoms with Gasteiger partial charge in [-0.2, -0.15) is 0 Å². The van der Waals surface area contributed by atoms with Crippen LogP contribution in [0.5, 0.6) is 0 Å². The first-order valence-corrected chi connectivity index (χ1v) is 12.9. The summed E-state index contributed by atoms with van der Waals surface area (Å²) < 4.78 is 24.7. The number of aliphatic hydroxyl groups excluding tert-OH is 1. The molecule has 1 aromatic rings. The molecule has 1 fully saturated rings. The Morgan fingerprint density at radius 3 is 2.36 bits per heavy atom. The molecule has 0 bridgehead atoms. The van der Waals surface area contributed by atoms with E-state index in [1.165, 1.54) is 0 Å². The van der Waals surface area contributed by atoms with E-state index < -0.39 is 39.0 Å². The monoisotopic (exact) mass is 408 g/mol. The van der Waals surface area contributed by atoms with Crippen LogP contribution >= 0.6 is 0 Å². The Bertz CT molecular complexity index is 613. The second-order valence-corrected chi connectivity index (χ2v) is 13.7. The molecular formula is C22H36O5Si. The van der Waals surface area contributed by atoms with Gasteiger partial charge in [-0.3, -0.25) is 0 Å². The van der Waals surface area contributed by atoms with Gasteiger partial charge in [0.15, 0.2) is 14.6 Å². The van der Waals surface area contributed by atoms with Crippen LogP contribution in [-0.4, -0.2) is 50.7 Å². The molecule has 158 valence electrons. The molecule has 1 aliphatic heterocycles. The molecule has 6 heteroatoms. The Morgan fingerprint density at radius 2 is 1.79 bits per heavy atom. The third-order valence-corrected chi connectivity index (χ3v) is 10.1. The molecule has 0 spiro atoms. The van der Waals surface area contributed by atoms with Crippen molar-refractivity contribution >= 4 is 8.32 Å². The molecule has 0 saturated carbocycles. The number of hydrogen-bond acceptors (Lipinski definition) is 5. The number of benzene rings is 1. The molecule has 1 aliphatic rings. The third-order valence-electron chi connectivity index (χ3n) is 5.66. The Labute approximate surface area is 170 Å². The Kier molecular flexibility index (Phi) is 8.02. The predicted molar refractivity (Wildman–Crippen MR) is 114 cm³/mol. The number of ether oxygens (including phenoxy) is 3. The van der Waals surface area contributed by atoms with E-state index in [4.69, 9.17) is 18.6 Å². The van der Waals surface area contributed by atoms with Gasteiger partial charge in [0.2, 0.25) is 0 Å². The maximum absolute atomic E-state index is 10.8. The molecule has 5 nitrogen and oxygen atoms in total. The van der Waals surface area contributed by atoms with Gasteiger partial charge in [0.1, 0.15) is 18.3 Å². The summed E-state index contributed by atoms with van der Waals surface area (Å²) in [5, 5.41) is 10.8. The normalized spacial score (nSPS) is 28.9. The van der Waals surface area contributed by atoms with Crippen molar-refractivity contribution in [2.24, 2.45) is 0 Å². The summed E-state index contributed by atoms with van der Waals surface area (Å²) in [5.74, 6) is 0. The van der Waals surface area contributed by atoms with Crippen molar-refractivity contribution in [1.82, 2.24) is 0 Å². The zero-order valence-electron chi connectivity index (χ0n) is 18.1. The number of hydrogen-bond donors (Lipinski definition) is 1. The van der Waals surface area contributed by atoms with Crippen LogP contribution in [0.3, 0.4) is 0 Å². The summed E-state index contributed by atoms with van der Waals surface area (Å²) in [6, 6.07) is 9.93. The van der Waals surface area contributed by atoms with Gasteiger partial charge >= 0.3 is 0 Å². The van der Waals surface area contributed by atoms with Gasteiger partial charge in [-0.15, -0.1) is 6.58 Å². The number of rotatable bonds is 8. The Morgan fingerprint density at radius 1 is 1.14 bits per heavy atom. The molecule has 1 heterocycles. The van der Waals surface area contributed by atoms with Crippen molar-refractivity contribution in [3.8, 4) is 0 Å². The molecule has 0 amide bonds. The molecule has 1 N–H and O–H groups in total. The van der Waals surface area contributed by atoms with Gasteiger partial charge < -0.3 is 23.7 Å². The largest absolute Gasteiger partial charge is 0.406 e. The molecule has 0 aromatic heterocycles. The average molecular weight is 409 g/mol. The predicted octanol–water partition coefficient (Wildman–Crippen LogP) is 4.27. The van der Waals surface area contributed by atoms with Gasteiger partial charge in [0.05, 0.1) is 19.3 Å². The summed E-state index contributed by atoms with van der Waals surface area (Å²) in [6.07, 6.45) is -1.23. The number of aliphatic hydroxyl groups is 1. The first-order valence-electron chi connectivity index (χ1n) is 9.96. The van der Waals surface area contributed by atoms with Crippen LogP contribution in [0.1, 0.15) is 33.3 Å². The second-order valence-electron chi connectivity index (χ2n) is 8.93. The van der Waals surface area contributed by atoms with E-state index in [-0.39, 0.29) is 5.04 Å². The standard InChI is InChI=1S/C22H36O5Si/c1-8-14-24-21-20(27-28(6,7)22(3,4)5)19(18(23)16(2)26-21)25-15-17-12-10-9-11-13-17/h8-13,16,18-21,23H,1,14-15H2,2-7H3/t16-,18+,19?,20?,21+/m1/s1. The smallest absolute Gasteiger partial charge is 0.192 e. The minimum absolute atomic E-state index is 0.00792. The zero-order chi connectivity index (χ0) is 20.9. The van der Waals surface area contributed by atoms with Crippen LogP contribution in [0.2, 0.25) is 18.1 Å². The molecule has 1 saturated heterocycles. The fraction of sp³-hybridized carbons (Fsp3) is 0.636. The van der Waals surface area contributed by atoms with Crippen molar-refractivity contribution < 1.29 is 23.7 Å². The summed E-state index contributed by atoms with van der Waals surface area (Å²) in [4.78, 5) is 0.